The Balaban J connectivity index is 2.06. The molecule has 30 heavy (non-hydrogen) atoms. The van der Waals surface area contributed by atoms with Gasteiger partial charge in [-0.3, -0.25) is 9.59 Å². The molecule has 162 valence electrons. The predicted octanol–water partition coefficient (Wildman–Crippen LogP) is 3.63. The summed E-state index contributed by atoms with van der Waals surface area (Å²) in [6.45, 7) is 4.09. The quantitative estimate of drug-likeness (QED) is 0.462. The van der Waals surface area contributed by atoms with Crippen LogP contribution >= 0.6 is 0 Å². The molecule has 0 aromatic heterocycles. The minimum absolute atomic E-state index is 0.0683. The van der Waals surface area contributed by atoms with Gasteiger partial charge in [0.1, 0.15) is 0 Å². The van der Waals surface area contributed by atoms with Crippen LogP contribution in [0.2, 0.25) is 0 Å². The summed E-state index contributed by atoms with van der Waals surface area (Å²) >= 11 is 0. The van der Waals surface area contributed by atoms with Crippen LogP contribution in [0.15, 0.2) is 54.6 Å². The van der Waals surface area contributed by atoms with E-state index in [1.54, 1.807) is 0 Å². The number of rotatable bonds is 12. The molecule has 2 rings (SSSR count). The van der Waals surface area contributed by atoms with Crippen molar-refractivity contribution in [1.29, 1.82) is 0 Å². The van der Waals surface area contributed by atoms with E-state index >= 15 is 0 Å². The Labute approximate surface area is 177 Å². The van der Waals surface area contributed by atoms with Gasteiger partial charge < -0.3 is 20.3 Å². The molecule has 2 aromatic rings. The summed E-state index contributed by atoms with van der Waals surface area (Å²) in [7, 11) is 0. The monoisotopic (exact) mass is 413 g/mol. The molecule has 2 aromatic carbocycles. The van der Waals surface area contributed by atoms with E-state index in [0.29, 0.717) is 19.4 Å². The first kappa shape index (κ1) is 23.6. The fourth-order valence-corrected chi connectivity index (χ4v) is 3.36. The lowest BCUT2D eigenvalue weighted by molar-refractivity contribution is -0.139. The summed E-state index contributed by atoms with van der Waals surface area (Å²) in [5, 5.41) is 21.8. The SMILES string of the molecule is CCOC(O)[C@H](C)C[C@@H](Cc1ccc(-c2ccccc2)cc1)NC(=O)CCC(=O)O. The second-order valence-corrected chi connectivity index (χ2v) is 7.48. The predicted molar refractivity (Wildman–Crippen MR) is 116 cm³/mol. The molecule has 0 fully saturated rings. The maximum absolute atomic E-state index is 12.2. The maximum Gasteiger partial charge on any atom is 0.303 e. The van der Waals surface area contributed by atoms with Gasteiger partial charge in [0.15, 0.2) is 6.29 Å². The molecule has 6 nitrogen and oxygen atoms in total. The molecule has 3 N–H and O–H groups in total. The first-order valence-electron chi connectivity index (χ1n) is 10.3. The van der Waals surface area contributed by atoms with E-state index in [0.717, 1.165) is 16.7 Å². The Hall–Kier alpha value is -2.70. The van der Waals surface area contributed by atoms with Crippen LogP contribution in [0.25, 0.3) is 11.1 Å². The smallest absolute Gasteiger partial charge is 0.303 e. The van der Waals surface area contributed by atoms with Gasteiger partial charge in [-0.15, -0.1) is 0 Å². The molecule has 0 saturated heterocycles. The fraction of sp³-hybridized carbons (Fsp3) is 0.417. The van der Waals surface area contributed by atoms with Gasteiger partial charge >= 0.3 is 5.97 Å². The van der Waals surface area contributed by atoms with Gasteiger partial charge in [-0.05, 0) is 36.5 Å². The third-order valence-corrected chi connectivity index (χ3v) is 4.95. The summed E-state index contributed by atoms with van der Waals surface area (Å²) in [4.78, 5) is 22.9. The normalized spacial score (nSPS) is 14.0. The molecule has 3 atom stereocenters. The van der Waals surface area contributed by atoms with E-state index in [9.17, 15) is 14.7 Å². The number of carbonyl (C=O) groups excluding carboxylic acids is 1. The highest BCUT2D eigenvalue weighted by molar-refractivity contribution is 5.80. The number of ether oxygens (including phenoxy) is 1. The molecule has 0 aliphatic rings. The molecule has 6 heteroatoms. The number of aliphatic carboxylic acids is 1. The van der Waals surface area contributed by atoms with Crippen molar-refractivity contribution < 1.29 is 24.5 Å². The van der Waals surface area contributed by atoms with Crippen molar-refractivity contribution in [1.82, 2.24) is 5.32 Å². The summed E-state index contributed by atoms with van der Waals surface area (Å²) in [6.07, 6.45) is -0.0889. The average molecular weight is 414 g/mol. The van der Waals surface area contributed by atoms with Crippen LogP contribution in [0.1, 0.15) is 38.7 Å². The molecule has 0 heterocycles. The molecular weight excluding hydrogens is 382 g/mol. The van der Waals surface area contributed by atoms with Gasteiger partial charge in [-0.2, -0.15) is 0 Å². The van der Waals surface area contributed by atoms with Crippen LogP contribution in [0, 0.1) is 5.92 Å². The van der Waals surface area contributed by atoms with E-state index in [-0.39, 0.29) is 30.7 Å². The molecule has 0 aliphatic carbocycles. The number of carbonyl (C=O) groups is 2. The molecule has 0 aliphatic heterocycles. The number of carboxylic acids is 1. The highest BCUT2D eigenvalue weighted by Gasteiger charge is 2.22. The summed E-state index contributed by atoms with van der Waals surface area (Å²) in [5.74, 6) is -1.49. The fourth-order valence-electron chi connectivity index (χ4n) is 3.36. The molecule has 0 saturated carbocycles. The van der Waals surface area contributed by atoms with Crippen LogP contribution in [-0.2, 0) is 20.7 Å². The topological polar surface area (TPSA) is 95.9 Å². The second-order valence-electron chi connectivity index (χ2n) is 7.48. The van der Waals surface area contributed by atoms with Gasteiger partial charge in [0.2, 0.25) is 5.91 Å². The maximum atomic E-state index is 12.2. The standard InChI is InChI=1S/C24H31NO5/c1-3-30-24(29)17(2)15-21(25-22(26)13-14-23(27)28)16-18-9-11-20(12-10-18)19-7-5-4-6-8-19/h4-12,17,21,24,29H,3,13-16H2,1-2H3,(H,25,26)(H,27,28)/t17-,21+,24?/m1/s1. The van der Waals surface area contributed by atoms with Gasteiger partial charge in [0.25, 0.3) is 0 Å². The Morgan fingerprint density at radius 2 is 1.63 bits per heavy atom. The van der Waals surface area contributed by atoms with Crippen LogP contribution in [0.4, 0.5) is 0 Å². The number of aliphatic hydroxyl groups excluding tert-OH is 1. The highest BCUT2D eigenvalue weighted by Crippen LogP contribution is 2.21. The van der Waals surface area contributed by atoms with E-state index in [1.165, 1.54) is 0 Å². The van der Waals surface area contributed by atoms with Gasteiger partial charge in [0, 0.05) is 25.0 Å². The Morgan fingerprint density at radius 1 is 1.00 bits per heavy atom. The van der Waals surface area contributed by atoms with Crippen molar-refractivity contribution in [2.24, 2.45) is 5.92 Å². The minimum Gasteiger partial charge on any atom is -0.481 e. The Bertz CT molecular complexity index is 791. The summed E-state index contributed by atoms with van der Waals surface area (Å²) in [5.41, 5.74) is 3.30. The Morgan fingerprint density at radius 3 is 2.23 bits per heavy atom. The van der Waals surface area contributed by atoms with E-state index in [1.807, 2.05) is 56.3 Å². The molecule has 0 spiro atoms. The molecular formula is C24H31NO5. The number of hydrogen-bond donors (Lipinski definition) is 3. The molecule has 1 unspecified atom stereocenters. The zero-order valence-corrected chi connectivity index (χ0v) is 17.6. The van der Waals surface area contributed by atoms with Crippen LogP contribution in [0.3, 0.4) is 0 Å². The zero-order chi connectivity index (χ0) is 21.9. The number of benzene rings is 2. The molecule has 0 radical (unpaired) electrons. The third kappa shape index (κ3) is 7.97. The van der Waals surface area contributed by atoms with E-state index in [4.69, 9.17) is 9.84 Å². The van der Waals surface area contributed by atoms with Crippen molar-refractivity contribution in [3.63, 3.8) is 0 Å². The third-order valence-electron chi connectivity index (χ3n) is 4.95. The van der Waals surface area contributed by atoms with E-state index < -0.39 is 12.3 Å². The number of carboxylic acid groups (broad SMARTS) is 1. The number of hydrogen-bond acceptors (Lipinski definition) is 4. The van der Waals surface area contributed by atoms with Crippen LogP contribution in [0.5, 0.6) is 0 Å². The first-order chi connectivity index (χ1) is 14.4. The number of amides is 1. The lowest BCUT2D eigenvalue weighted by Crippen LogP contribution is -2.39. The first-order valence-corrected chi connectivity index (χ1v) is 10.3. The molecule has 0 bridgehead atoms. The lowest BCUT2D eigenvalue weighted by atomic mass is 9.94. The lowest BCUT2D eigenvalue weighted by Gasteiger charge is -2.25. The van der Waals surface area contributed by atoms with Crippen molar-refractivity contribution >= 4 is 11.9 Å². The van der Waals surface area contributed by atoms with Crippen LogP contribution < -0.4 is 5.32 Å². The van der Waals surface area contributed by atoms with Crippen molar-refractivity contribution in [2.75, 3.05) is 6.61 Å². The summed E-state index contributed by atoms with van der Waals surface area (Å²) in [6, 6.07) is 18.0. The minimum atomic E-state index is -1.00. The van der Waals surface area contributed by atoms with Crippen molar-refractivity contribution in [2.45, 2.75) is 51.9 Å². The van der Waals surface area contributed by atoms with Gasteiger partial charge in [-0.25, -0.2) is 0 Å². The Kier molecular flexibility index (Phi) is 9.51. The molecule has 1 amide bonds. The average Bonchev–Trinajstić information content (AvgIpc) is 2.73. The van der Waals surface area contributed by atoms with E-state index in [2.05, 4.69) is 17.4 Å². The van der Waals surface area contributed by atoms with Crippen molar-refractivity contribution in [3.8, 4) is 11.1 Å². The number of aliphatic hydroxyl groups is 1. The summed E-state index contributed by atoms with van der Waals surface area (Å²) < 4.78 is 5.27. The van der Waals surface area contributed by atoms with Crippen molar-refractivity contribution in [3.05, 3.63) is 60.2 Å². The highest BCUT2D eigenvalue weighted by atomic mass is 16.6. The van der Waals surface area contributed by atoms with Gasteiger partial charge in [0.05, 0.1) is 6.42 Å². The van der Waals surface area contributed by atoms with Gasteiger partial charge in [-0.1, -0.05) is 61.5 Å². The van der Waals surface area contributed by atoms with Crippen LogP contribution in [-0.4, -0.2) is 41.0 Å². The second kappa shape index (κ2) is 12.1. The largest absolute Gasteiger partial charge is 0.481 e. The number of nitrogens with one attached hydrogen (secondary N) is 1. The zero-order valence-electron chi connectivity index (χ0n) is 17.6.